The molecule has 2 aromatic carbocycles. The van der Waals surface area contributed by atoms with Crippen LogP contribution in [0.1, 0.15) is 22.9 Å². The van der Waals surface area contributed by atoms with E-state index in [1.165, 1.54) is 0 Å². The zero-order chi connectivity index (χ0) is 16.7. The standard InChI is InChI=1S/C19H18FNO2S/c1-12-9-14(24(22)13-5-3-2-4-6-13)10-15-18-16(11-20)21-8-7-17(18)23-19(12)15/h2-6,9-10,16,21H,7-8,11H2,1H3. The summed E-state index contributed by atoms with van der Waals surface area (Å²) in [4.78, 5) is 1.48. The zero-order valence-electron chi connectivity index (χ0n) is 13.3. The van der Waals surface area contributed by atoms with Gasteiger partial charge in [0.1, 0.15) is 18.0 Å². The predicted molar refractivity (Wildman–Crippen MR) is 92.5 cm³/mol. The van der Waals surface area contributed by atoms with Gasteiger partial charge in [0, 0.05) is 33.7 Å². The van der Waals surface area contributed by atoms with Crippen LogP contribution in [0, 0.1) is 6.92 Å². The van der Waals surface area contributed by atoms with Crippen LogP contribution in [-0.4, -0.2) is 17.4 Å². The van der Waals surface area contributed by atoms with Crippen LogP contribution < -0.4 is 5.32 Å². The van der Waals surface area contributed by atoms with E-state index in [0.717, 1.165) is 44.1 Å². The summed E-state index contributed by atoms with van der Waals surface area (Å²) in [6.07, 6.45) is 0.747. The molecule has 4 rings (SSSR count). The van der Waals surface area contributed by atoms with Crippen molar-refractivity contribution in [3.8, 4) is 0 Å². The van der Waals surface area contributed by atoms with Gasteiger partial charge in [-0.25, -0.2) is 8.60 Å². The maximum Gasteiger partial charge on any atom is 0.137 e. The van der Waals surface area contributed by atoms with Gasteiger partial charge >= 0.3 is 0 Å². The zero-order valence-corrected chi connectivity index (χ0v) is 14.2. The largest absolute Gasteiger partial charge is 0.460 e. The van der Waals surface area contributed by atoms with Crippen molar-refractivity contribution in [3.05, 3.63) is 59.4 Å². The number of rotatable bonds is 3. The number of fused-ring (bicyclic) bond motifs is 3. The van der Waals surface area contributed by atoms with Crippen LogP contribution in [0.3, 0.4) is 0 Å². The number of furan rings is 1. The number of nitrogens with one attached hydrogen (secondary N) is 1. The van der Waals surface area contributed by atoms with Gasteiger partial charge < -0.3 is 9.73 Å². The minimum atomic E-state index is -1.27. The van der Waals surface area contributed by atoms with Crippen molar-refractivity contribution in [2.75, 3.05) is 13.2 Å². The van der Waals surface area contributed by atoms with Crippen molar-refractivity contribution in [1.29, 1.82) is 0 Å². The maximum absolute atomic E-state index is 13.4. The molecule has 0 saturated heterocycles. The first-order chi connectivity index (χ1) is 11.7. The van der Waals surface area contributed by atoms with Gasteiger partial charge in [0.15, 0.2) is 0 Å². The molecule has 5 heteroatoms. The average Bonchev–Trinajstić information content (AvgIpc) is 3.01. The van der Waals surface area contributed by atoms with Crippen molar-refractivity contribution in [1.82, 2.24) is 5.32 Å². The van der Waals surface area contributed by atoms with E-state index in [9.17, 15) is 8.60 Å². The third-order valence-electron chi connectivity index (χ3n) is 4.48. The van der Waals surface area contributed by atoms with E-state index in [4.69, 9.17) is 4.42 Å². The Morgan fingerprint density at radius 2 is 2.04 bits per heavy atom. The van der Waals surface area contributed by atoms with Gasteiger partial charge in [-0.15, -0.1) is 0 Å². The normalized spacial score (nSPS) is 18.5. The Kier molecular flexibility index (Phi) is 3.98. The first-order valence-electron chi connectivity index (χ1n) is 8.01. The Balaban J connectivity index is 1.89. The smallest absolute Gasteiger partial charge is 0.137 e. The van der Waals surface area contributed by atoms with Gasteiger partial charge in [-0.05, 0) is 36.8 Å². The summed E-state index contributed by atoms with van der Waals surface area (Å²) in [5.74, 6) is 0.845. The molecule has 0 spiro atoms. The SMILES string of the molecule is Cc1cc(S(=O)c2ccccc2)cc2c3c(oc12)CCNC3CF. The fourth-order valence-corrected chi connectivity index (χ4v) is 4.54. The van der Waals surface area contributed by atoms with Crippen LogP contribution >= 0.6 is 0 Å². The fourth-order valence-electron chi connectivity index (χ4n) is 3.35. The molecule has 2 atom stereocenters. The number of hydrogen-bond acceptors (Lipinski definition) is 3. The average molecular weight is 343 g/mol. The number of hydrogen-bond donors (Lipinski definition) is 1. The first kappa shape index (κ1) is 15.5. The Labute approximate surface area is 142 Å². The summed E-state index contributed by atoms with van der Waals surface area (Å²) < 4.78 is 32.3. The topological polar surface area (TPSA) is 42.2 Å². The quantitative estimate of drug-likeness (QED) is 0.780. The van der Waals surface area contributed by atoms with Crippen molar-refractivity contribution < 1.29 is 13.0 Å². The molecule has 3 nitrogen and oxygen atoms in total. The molecule has 1 aromatic heterocycles. The van der Waals surface area contributed by atoms with Crippen molar-refractivity contribution >= 4 is 21.8 Å². The highest BCUT2D eigenvalue weighted by molar-refractivity contribution is 7.85. The van der Waals surface area contributed by atoms with Crippen LogP contribution in [-0.2, 0) is 17.2 Å². The van der Waals surface area contributed by atoms with Crippen LogP contribution in [0.15, 0.2) is 56.7 Å². The lowest BCUT2D eigenvalue weighted by Gasteiger charge is -2.20. The lowest BCUT2D eigenvalue weighted by Crippen LogP contribution is -2.30. The molecule has 1 aliphatic heterocycles. The molecule has 3 aromatic rings. The molecule has 24 heavy (non-hydrogen) atoms. The summed E-state index contributed by atoms with van der Waals surface area (Å²) in [7, 11) is -1.27. The van der Waals surface area contributed by atoms with Crippen LogP contribution in [0.2, 0.25) is 0 Å². The van der Waals surface area contributed by atoms with E-state index in [1.807, 2.05) is 49.4 Å². The summed E-state index contributed by atoms with van der Waals surface area (Å²) in [6.45, 7) is 2.18. The van der Waals surface area contributed by atoms with E-state index in [0.29, 0.717) is 6.54 Å². The second-order valence-corrected chi connectivity index (χ2v) is 7.53. The second kappa shape index (κ2) is 6.15. The molecule has 2 unspecified atom stereocenters. The lowest BCUT2D eigenvalue weighted by atomic mass is 9.98. The Morgan fingerprint density at radius 3 is 2.79 bits per heavy atom. The molecule has 1 aliphatic rings. The van der Waals surface area contributed by atoms with E-state index in [2.05, 4.69) is 5.32 Å². The van der Waals surface area contributed by atoms with E-state index in [1.54, 1.807) is 0 Å². The summed E-state index contributed by atoms with van der Waals surface area (Å²) in [5.41, 5.74) is 2.59. The molecule has 0 radical (unpaired) electrons. The first-order valence-corrected chi connectivity index (χ1v) is 9.16. The minimum Gasteiger partial charge on any atom is -0.460 e. The Bertz CT molecular complexity index is 920. The minimum absolute atomic E-state index is 0.352. The highest BCUT2D eigenvalue weighted by Crippen LogP contribution is 2.37. The molecule has 0 amide bonds. The Hall–Kier alpha value is -1.98. The third kappa shape index (κ3) is 2.48. The Morgan fingerprint density at radius 1 is 1.25 bits per heavy atom. The van der Waals surface area contributed by atoms with Gasteiger partial charge in [-0.2, -0.15) is 0 Å². The molecule has 0 bridgehead atoms. The second-order valence-electron chi connectivity index (χ2n) is 6.05. The van der Waals surface area contributed by atoms with Crippen LogP contribution in [0.5, 0.6) is 0 Å². The van der Waals surface area contributed by atoms with Gasteiger partial charge in [0.05, 0.1) is 16.8 Å². The lowest BCUT2D eigenvalue weighted by molar-refractivity contribution is 0.357. The van der Waals surface area contributed by atoms with E-state index >= 15 is 0 Å². The van der Waals surface area contributed by atoms with Gasteiger partial charge in [0.2, 0.25) is 0 Å². The summed E-state index contributed by atoms with van der Waals surface area (Å²) in [5, 5.41) is 4.07. The molecule has 124 valence electrons. The summed E-state index contributed by atoms with van der Waals surface area (Å²) >= 11 is 0. The third-order valence-corrected chi connectivity index (χ3v) is 5.85. The molecule has 2 heterocycles. The van der Waals surface area contributed by atoms with Gasteiger partial charge in [-0.1, -0.05) is 18.2 Å². The van der Waals surface area contributed by atoms with Crippen molar-refractivity contribution in [2.45, 2.75) is 29.2 Å². The van der Waals surface area contributed by atoms with E-state index in [-0.39, 0.29) is 6.04 Å². The van der Waals surface area contributed by atoms with Gasteiger partial charge in [-0.3, -0.25) is 0 Å². The van der Waals surface area contributed by atoms with E-state index < -0.39 is 17.5 Å². The molecular weight excluding hydrogens is 325 g/mol. The van der Waals surface area contributed by atoms with Crippen LogP contribution in [0.25, 0.3) is 11.0 Å². The fraction of sp³-hybridized carbons (Fsp3) is 0.263. The molecule has 0 saturated carbocycles. The highest BCUT2D eigenvalue weighted by Gasteiger charge is 2.27. The van der Waals surface area contributed by atoms with Crippen molar-refractivity contribution in [3.63, 3.8) is 0 Å². The molecular formula is C19H18FNO2S. The number of halogens is 1. The molecule has 0 aliphatic carbocycles. The number of alkyl halides is 1. The van der Waals surface area contributed by atoms with Crippen LogP contribution in [0.4, 0.5) is 4.39 Å². The van der Waals surface area contributed by atoms with Gasteiger partial charge in [0.25, 0.3) is 0 Å². The summed E-state index contributed by atoms with van der Waals surface area (Å²) in [6, 6.07) is 12.8. The highest BCUT2D eigenvalue weighted by atomic mass is 32.2. The molecule has 1 N–H and O–H groups in total. The number of benzene rings is 2. The predicted octanol–water partition coefficient (Wildman–Crippen LogP) is 4.06. The maximum atomic E-state index is 13.4. The monoisotopic (exact) mass is 343 g/mol. The molecule has 0 fully saturated rings. The number of aryl methyl sites for hydroxylation is 1. The van der Waals surface area contributed by atoms with Crippen molar-refractivity contribution in [2.24, 2.45) is 0 Å².